The summed E-state index contributed by atoms with van der Waals surface area (Å²) in [6.07, 6.45) is 6.30. The summed E-state index contributed by atoms with van der Waals surface area (Å²) in [5, 5.41) is 2.97. The lowest BCUT2D eigenvalue weighted by Gasteiger charge is -2.32. The van der Waals surface area contributed by atoms with Gasteiger partial charge in [-0.2, -0.15) is 0 Å². The van der Waals surface area contributed by atoms with Crippen molar-refractivity contribution in [3.63, 3.8) is 0 Å². The second-order valence-corrected chi connectivity index (χ2v) is 5.87. The summed E-state index contributed by atoms with van der Waals surface area (Å²) in [5.74, 6) is 0.00989. The van der Waals surface area contributed by atoms with Crippen LogP contribution in [-0.4, -0.2) is 62.4 Å². The summed E-state index contributed by atoms with van der Waals surface area (Å²) in [6.45, 7) is 6.54. The second-order valence-electron chi connectivity index (χ2n) is 5.87. The number of nitrogens with one attached hydrogen (secondary N) is 1. The van der Waals surface area contributed by atoms with Crippen LogP contribution in [-0.2, 0) is 14.3 Å². The quantitative estimate of drug-likeness (QED) is 0.795. The van der Waals surface area contributed by atoms with Crippen molar-refractivity contribution in [1.82, 2.24) is 10.2 Å². The van der Waals surface area contributed by atoms with Gasteiger partial charge in [-0.15, -0.1) is 0 Å². The van der Waals surface area contributed by atoms with Gasteiger partial charge in [0.15, 0.2) is 0 Å². The Bertz CT molecular complexity index is 287. The lowest BCUT2D eigenvalue weighted by Crippen LogP contribution is -2.47. The number of carbonyl (C=O) groups excluding carboxylic acids is 1. The Balaban J connectivity index is 1.56. The highest BCUT2D eigenvalue weighted by Crippen LogP contribution is 2.19. The average molecular weight is 284 g/mol. The van der Waals surface area contributed by atoms with Crippen LogP contribution in [0.15, 0.2) is 0 Å². The Kier molecular flexibility index (Phi) is 6.76. The number of nitrogens with zero attached hydrogens (tertiary/aromatic N) is 1. The van der Waals surface area contributed by atoms with Gasteiger partial charge < -0.3 is 14.8 Å². The Hall–Kier alpha value is -0.650. The molecule has 1 N–H and O–H groups in total. The van der Waals surface area contributed by atoms with Gasteiger partial charge in [0, 0.05) is 25.7 Å². The maximum atomic E-state index is 11.8. The Morgan fingerprint density at radius 1 is 1.30 bits per heavy atom. The van der Waals surface area contributed by atoms with Gasteiger partial charge in [-0.3, -0.25) is 9.69 Å². The van der Waals surface area contributed by atoms with E-state index in [4.69, 9.17) is 9.47 Å². The smallest absolute Gasteiger partial charge is 0.246 e. The number of ether oxygens (including phenoxy) is 2. The summed E-state index contributed by atoms with van der Waals surface area (Å²) in [7, 11) is 0. The molecular weight excluding hydrogens is 256 g/mol. The van der Waals surface area contributed by atoms with Gasteiger partial charge in [0.25, 0.3) is 0 Å². The van der Waals surface area contributed by atoms with Gasteiger partial charge in [0.2, 0.25) is 5.91 Å². The summed E-state index contributed by atoms with van der Waals surface area (Å²) in [6, 6.07) is 0.359. The predicted octanol–water partition coefficient (Wildman–Crippen LogP) is 1.17. The van der Waals surface area contributed by atoms with Crippen LogP contribution in [0.4, 0.5) is 0 Å². The van der Waals surface area contributed by atoms with Gasteiger partial charge in [-0.05, 0) is 19.8 Å². The molecule has 2 fully saturated rings. The zero-order valence-electron chi connectivity index (χ0n) is 12.6. The van der Waals surface area contributed by atoms with Crippen molar-refractivity contribution in [3.05, 3.63) is 0 Å². The molecule has 5 heteroatoms. The van der Waals surface area contributed by atoms with Crippen molar-refractivity contribution in [2.24, 2.45) is 0 Å². The third kappa shape index (κ3) is 5.38. The number of morpholine rings is 1. The molecule has 2 rings (SSSR count). The average Bonchev–Trinajstić information content (AvgIpc) is 2.52. The van der Waals surface area contributed by atoms with E-state index in [1.165, 1.54) is 19.3 Å². The van der Waals surface area contributed by atoms with Crippen molar-refractivity contribution in [2.75, 3.05) is 39.5 Å². The van der Waals surface area contributed by atoms with E-state index in [2.05, 4.69) is 17.1 Å². The van der Waals surface area contributed by atoms with Crippen LogP contribution < -0.4 is 5.32 Å². The van der Waals surface area contributed by atoms with Gasteiger partial charge in [0.05, 0.1) is 19.3 Å². The standard InChI is InChI=1S/C15H28N2O3/c1-13(17-7-9-19-10-8-17)11-16-15(18)12-20-14-5-3-2-4-6-14/h13-14H,2-12H2,1H3,(H,16,18). The first kappa shape index (κ1) is 15.7. The highest BCUT2D eigenvalue weighted by molar-refractivity contribution is 5.77. The number of rotatable bonds is 6. The first-order chi connectivity index (χ1) is 9.75. The van der Waals surface area contributed by atoms with E-state index in [-0.39, 0.29) is 12.5 Å². The van der Waals surface area contributed by atoms with E-state index in [1.54, 1.807) is 0 Å². The highest BCUT2D eigenvalue weighted by atomic mass is 16.5. The molecule has 1 aliphatic carbocycles. The monoisotopic (exact) mass is 284 g/mol. The predicted molar refractivity (Wildman–Crippen MR) is 77.7 cm³/mol. The molecule has 1 heterocycles. The first-order valence-corrected chi connectivity index (χ1v) is 7.96. The Labute approximate surface area is 122 Å². The van der Waals surface area contributed by atoms with Crippen LogP contribution in [0.2, 0.25) is 0 Å². The zero-order chi connectivity index (χ0) is 14.2. The molecule has 1 atom stereocenters. The maximum Gasteiger partial charge on any atom is 0.246 e. The van der Waals surface area contributed by atoms with Gasteiger partial charge in [0.1, 0.15) is 6.61 Å². The fourth-order valence-electron chi connectivity index (χ4n) is 2.89. The molecule has 5 nitrogen and oxygen atoms in total. The summed E-state index contributed by atoms with van der Waals surface area (Å²) in [5.41, 5.74) is 0. The Morgan fingerprint density at radius 3 is 2.70 bits per heavy atom. The van der Waals surface area contributed by atoms with Crippen molar-refractivity contribution in [2.45, 2.75) is 51.2 Å². The molecule has 0 aromatic rings. The maximum absolute atomic E-state index is 11.8. The summed E-state index contributed by atoms with van der Waals surface area (Å²) in [4.78, 5) is 14.1. The fourth-order valence-corrected chi connectivity index (χ4v) is 2.89. The fraction of sp³-hybridized carbons (Fsp3) is 0.933. The van der Waals surface area contributed by atoms with Crippen molar-refractivity contribution in [1.29, 1.82) is 0 Å². The third-order valence-electron chi connectivity index (χ3n) is 4.27. The van der Waals surface area contributed by atoms with Crippen LogP contribution in [0.3, 0.4) is 0 Å². The molecule has 2 aliphatic rings. The minimum absolute atomic E-state index is 0.00989. The van der Waals surface area contributed by atoms with Crippen molar-refractivity contribution < 1.29 is 14.3 Å². The van der Waals surface area contributed by atoms with E-state index in [0.717, 1.165) is 39.1 Å². The molecule has 0 spiro atoms. The molecule has 0 radical (unpaired) electrons. The number of hydrogen-bond donors (Lipinski definition) is 1. The molecule has 20 heavy (non-hydrogen) atoms. The van der Waals surface area contributed by atoms with Crippen molar-refractivity contribution in [3.8, 4) is 0 Å². The van der Waals surface area contributed by atoms with Crippen molar-refractivity contribution >= 4 is 5.91 Å². The van der Waals surface area contributed by atoms with Crippen LogP contribution in [0.1, 0.15) is 39.0 Å². The highest BCUT2D eigenvalue weighted by Gasteiger charge is 2.18. The number of hydrogen-bond acceptors (Lipinski definition) is 4. The van der Waals surface area contributed by atoms with Crippen LogP contribution >= 0.6 is 0 Å². The Morgan fingerprint density at radius 2 is 2.00 bits per heavy atom. The van der Waals surface area contributed by atoms with Gasteiger partial charge in [-0.25, -0.2) is 0 Å². The van der Waals surface area contributed by atoms with E-state index in [1.807, 2.05) is 0 Å². The lowest BCUT2D eigenvalue weighted by atomic mass is 9.98. The molecule has 1 aliphatic heterocycles. The lowest BCUT2D eigenvalue weighted by molar-refractivity contribution is -0.128. The molecule has 0 aromatic heterocycles. The summed E-state index contributed by atoms with van der Waals surface area (Å²) >= 11 is 0. The molecule has 0 aromatic carbocycles. The van der Waals surface area contributed by atoms with E-state index >= 15 is 0 Å². The topological polar surface area (TPSA) is 50.8 Å². The minimum Gasteiger partial charge on any atom is -0.379 e. The third-order valence-corrected chi connectivity index (χ3v) is 4.27. The normalized spacial score (nSPS) is 23.4. The van der Waals surface area contributed by atoms with Crippen LogP contribution in [0.5, 0.6) is 0 Å². The van der Waals surface area contributed by atoms with E-state index < -0.39 is 0 Å². The molecule has 1 amide bonds. The van der Waals surface area contributed by atoms with Gasteiger partial charge >= 0.3 is 0 Å². The molecule has 1 unspecified atom stereocenters. The first-order valence-electron chi connectivity index (χ1n) is 7.96. The zero-order valence-corrected chi connectivity index (χ0v) is 12.6. The van der Waals surface area contributed by atoms with E-state index in [0.29, 0.717) is 18.7 Å². The molecule has 0 bridgehead atoms. The van der Waals surface area contributed by atoms with Gasteiger partial charge in [-0.1, -0.05) is 19.3 Å². The minimum atomic E-state index is 0.00989. The largest absolute Gasteiger partial charge is 0.379 e. The SMILES string of the molecule is CC(CNC(=O)COC1CCCCC1)N1CCOCC1. The number of amides is 1. The van der Waals surface area contributed by atoms with E-state index in [9.17, 15) is 4.79 Å². The molecule has 116 valence electrons. The second kappa shape index (κ2) is 8.60. The molecule has 1 saturated heterocycles. The van der Waals surface area contributed by atoms with Crippen LogP contribution in [0, 0.1) is 0 Å². The molecular formula is C15H28N2O3. The summed E-state index contributed by atoms with van der Waals surface area (Å²) < 4.78 is 11.0. The number of carbonyl (C=O) groups is 1. The van der Waals surface area contributed by atoms with Crippen LogP contribution in [0.25, 0.3) is 0 Å². The molecule has 1 saturated carbocycles.